The van der Waals surface area contributed by atoms with Crippen LogP contribution in [0.1, 0.15) is 58.8 Å². The highest BCUT2D eigenvalue weighted by atomic mass is 16.3. The summed E-state index contributed by atoms with van der Waals surface area (Å²) in [5.41, 5.74) is -0.617. The minimum Gasteiger partial charge on any atom is -0.393 e. The van der Waals surface area contributed by atoms with E-state index in [9.17, 15) is 20.1 Å². The molecule has 4 rings (SSSR count). The van der Waals surface area contributed by atoms with Gasteiger partial charge in [0.05, 0.1) is 23.7 Å². The van der Waals surface area contributed by atoms with Gasteiger partial charge in [0.2, 0.25) is 0 Å². The first-order chi connectivity index (χ1) is 10.8. The molecule has 4 nitrogen and oxygen atoms in total. The topological polar surface area (TPSA) is 77.8 Å². The molecule has 4 heteroatoms. The van der Waals surface area contributed by atoms with Crippen LogP contribution in [0.15, 0.2) is 0 Å². The van der Waals surface area contributed by atoms with E-state index in [4.69, 9.17) is 0 Å². The summed E-state index contributed by atoms with van der Waals surface area (Å²) < 4.78 is 0. The molecule has 3 N–H and O–H groups in total. The van der Waals surface area contributed by atoms with Crippen molar-refractivity contribution < 1.29 is 20.1 Å². The van der Waals surface area contributed by atoms with E-state index in [0.29, 0.717) is 24.2 Å². The molecule has 0 spiro atoms. The number of Topliss-reactive ketones (excluding diaryl/α,β-unsaturated/α-hetero) is 1. The second-order valence-corrected chi connectivity index (χ2v) is 9.23. The molecule has 23 heavy (non-hydrogen) atoms. The lowest BCUT2D eigenvalue weighted by atomic mass is 9.44. The first kappa shape index (κ1) is 16.0. The lowest BCUT2D eigenvalue weighted by Crippen LogP contribution is -2.59. The number of aliphatic hydroxyl groups excluding tert-OH is 3. The fraction of sp³-hybridized carbons (Fsp3) is 0.947. The molecule has 0 bridgehead atoms. The number of hydrogen-bond acceptors (Lipinski definition) is 4. The van der Waals surface area contributed by atoms with Crippen LogP contribution in [0.4, 0.5) is 0 Å². The lowest BCUT2D eigenvalue weighted by Gasteiger charge is -2.61. The number of aliphatic hydroxyl groups is 3. The van der Waals surface area contributed by atoms with E-state index >= 15 is 0 Å². The van der Waals surface area contributed by atoms with Crippen LogP contribution in [-0.2, 0) is 4.79 Å². The quantitative estimate of drug-likeness (QED) is 0.636. The Labute approximate surface area is 138 Å². The van der Waals surface area contributed by atoms with Crippen molar-refractivity contribution in [2.75, 3.05) is 0 Å². The summed E-state index contributed by atoms with van der Waals surface area (Å²) in [5.74, 6) is 1.17. The van der Waals surface area contributed by atoms with Crippen LogP contribution >= 0.6 is 0 Å². The van der Waals surface area contributed by atoms with Crippen LogP contribution in [0.5, 0.6) is 0 Å². The van der Waals surface area contributed by atoms with Crippen molar-refractivity contribution in [1.29, 1.82) is 0 Å². The molecule has 130 valence electrons. The Morgan fingerprint density at radius 3 is 2.52 bits per heavy atom. The van der Waals surface area contributed by atoms with E-state index in [0.717, 1.165) is 32.1 Å². The van der Waals surface area contributed by atoms with Crippen molar-refractivity contribution in [3.05, 3.63) is 0 Å². The molecular weight excluding hydrogens is 292 g/mol. The van der Waals surface area contributed by atoms with E-state index in [1.54, 1.807) is 0 Å². The second kappa shape index (κ2) is 5.03. The number of hydrogen-bond donors (Lipinski definition) is 3. The zero-order valence-corrected chi connectivity index (χ0v) is 14.2. The molecule has 4 aliphatic carbocycles. The maximum Gasteiger partial charge on any atom is 0.144 e. The van der Waals surface area contributed by atoms with Gasteiger partial charge in [-0.05, 0) is 68.6 Å². The molecule has 0 heterocycles. The average Bonchev–Trinajstić information content (AvgIpc) is 2.73. The number of carbonyl (C=O) groups is 1. The third kappa shape index (κ3) is 1.98. The van der Waals surface area contributed by atoms with Gasteiger partial charge in [0.1, 0.15) is 5.78 Å². The van der Waals surface area contributed by atoms with Gasteiger partial charge in [-0.3, -0.25) is 4.79 Å². The molecule has 0 amide bonds. The largest absolute Gasteiger partial charge is 0.393 e. The van der Waals surface area contributed by atoms with Crippen LogP contribution in [0.2, 0.25) is 0 Å². The highest BCUT2D eigenvalue weighted by Gasteiger charge is 2.65. The van der Waals surface area contributed by atoms with Gasteiger partial charge in [0, 0.05) is 12.3 Å². The number of carbonyl (C=O) groups excluding carboxylic acids is 1. The second-order valence-electron chi connectivity index (χ2n) is 9.23. The molecular formula is C19H30O4. The van der Waals surface area contributed by atoms with Gasteiger partial charge in [-0.25, -0.2) is 0 Å². The average molecular weight is 322 g/mol. The molecule has 4 aliphatic rings. The number of ketones is 1. The van der Waals surface area contributed by atoms with E-state index in [-0.39, 0.29) is 29.6 Å². The highest BCUT2D eigenvalue weighted by molar-refractivity contribution is 5.88. The van der Waals surface area contributed by atoms with Crippen LogP contribution in [-0.4, -0.2) is 39.4 Å². The summed E-state index contributed by atoms with van der Waals surface area (Å²) in [5, 5.41) is 31.5. The van der Waals surface area contributed by atoms with Gasteiger partial charge in [-0.1, -0.05) is 6.92 Å². The molecule has 7 unspecified atom stereocenters. The van der Waals surface area contributed by atoms with E-state index in [1.165, 1.54) is 0 Å². The molecule has 9 atom stereocenters. The Morgan fingerprint density at radius 2 is 1.78 bits per heavy atom. The lowest BCUT2D eigenvalue weighted by molar-refractivity contribution is -0.178. The molecule has 0 aromatic heterocycles. The molecule has 0 radical (unpaired) electrons. The zero-order valence-electron chi connectivity index (χ0n) is 14.2. The third-order valence-electron chi connectivity index (χ3n) is 8.45. The normalized spacial score (nSPS) is 59.2. The van der Waals surface area contributed by atoms with E-state index in [1.807, 2.05) is 6.92 Å². The first-order valence-corrected chi connectivity index (χ1v) is 9.36. The van der Waals surface area contributed by atoms with Crippen molar-refractivity contribution in [3.8, 4) is 0 Å². The predicted molar refractivity (Wildman–Crippen MR) is 85.5 cm³/mol. The third-order valence-corrected chi connectivity index (χ3v) is 8.45. The molecule has 4 saturated carbocycles. The highest BCUT2D eigenvalue weighted by Crippen LogP contribution is 2.65. The van der Waals surface area contributed by atoms with Crippen molar-refractivity contribution in [2.45, 2.75) is 77.1 Å². The van der Waals surface area contributed by atoms with Gasteiger partial charge in [0.25, 0.3) is 0 Å². The molecule has 0 aromatic carbocycles. The maximum absolute atomic E-state index is 12.5. The maximum atomic E-state index is 12.5. The van der Waals surface area contributed by atoms with Crippen LogP contribution in [0.25, 0.3) is 0 Å². The van der Waals surface area contributed by atoms with Crippen molar-refractivity contribution in [1.82, 2.24) is 0 Å². The SMILES string of the molecule is CC12C(=O)C[C@H](O)C1C1CC[C@H]3CC(O)CCC3(C)C1CC2O. The number of rotatable bonds is 0. The minimum absolute atomic E-state index is 0.0484. The Morgan fingerprint density at radius 1 is 1.04 bits per heavy atom. The first-order valence-electron chi connectivity index (χ1n) is 9.36. The summed E-state index contributed by atoms with van der Waals surface area (Å²) in [6.07, 6.45) is 4.30. The van der Waals surface area contributed by atoms with Crippen LogP contribution < -0.4 is 0 Å². The van der Waals surface area contributed by atoms with Gasteiger partial charge in [-0.2, -0.15) is 0 Å². The standard InChI is InChI=1S/C19H30O4/c1-18-6-5-11(20)7-10(18)3-4-12-13(18)8-15(22)19(2)16(23)9-14(21)17(12)19/h10-15,17,20-22H,3-9H2,1-2H3/t10-,11?,12?,13?,14-,15?,17?,18?,19?/m0/s1. The molecule has 0 aromatic rings. The Hall–Kier alpha value is -0.450. The summed E-state index contributed by atoms with van der Waals surface area (Å²) in [4.78, 5) is 12.5. The Kier molecular flexibility index (Phi) is 3.51. The Balaban J connectivity index is 1.71. The number of fused-ring (bicyclic) bond motifs is 5. The van der Waals surface area contributed by atoms with E-state index in [2.05, 4.69) is 6.92 Å². The fourth-order valence-corrected chi connectivity index (χ4v) is 7.04. The summed E-state index contributed by atoms with van der Waals surface area (Å²) in [6.45, 7) is 4.22. The van der Waals surface area contributed by atoms with Crippen molar-refractivity contribution in [3.63, 3.8) is 0 Å². The summed E-state index contributed by atoms with van der Waals surface area (Å²) in [7, 11) is 0. The molecule has 0 aliphatic heterocycles. The summed E-state index contributed by atoms with van der Waals surface area (Å²) in [6, 6.07) is 0. The Bertz CT molecular complexity index is 519. The van der Waals surface area contributed by atoms with Crippen LogP contribution in [0, 0.1) is 34.5 Å². The van der Waals surface area contributed by atoms with Crippen molar-refractivity contribution in [2.24, 2.45) is 34.5 Å². The molecule has 4 fully saturated rings. The fourth-order valence-electron chi connectivity index (χ4n) is 7.04. The van der Waals surface area contributed by atoms with Gasteiger partial charge >= 0.3 is 0 Å². The zero-order chi connectivity index (χ0) is 16.6. The van der Waals surface area contributed by atoms with Crippen molar-refractivity contribution >= 4 is 5.78 Å². The summed E-state index contributed by atoms with van der Waals surface area (Å²) >= 11 is 0. The molecule has 0 saturated heterocycles. The van der Waals surface area contributed by atoms with Gasteiger partial charge in [-0.15, -0.1) is 0 Å². The van der Waals surface area contributed by atoms with Gasteiger partial charge < -0.3 is 15.3 Å². The van der Waals surface area contributed by atoms with Gasteiger partial charge in [0.15, 0.2) is 0 Å². The smallest absolute Gasteiger partial charge is 0.144 e. The minimum atomic E-state index is -0.752. The predicted octanol–water partition coefficient (Wildman–Crippen LogP) is 1.90. The monoisotopic (exact) mass is 322 g/mol. The van der Waals surface area contributed by atoms with E-state index < -0.39 is 17.6 Å². The van der Waals surface area contributed by atoms with Crippen LogP contribution in [0.3, 0.4) is 0 Å².